The molecule has 156 valence electrons. The zero-order chi connectivity index (χ0) is 19.9. The Bertz CT molecular complexity index is 615. The predicted molar refractivity (Wildman–Crippen MR) is 122 cm³/mol. The first-order valence-electron chi connectivity index (χ1n) is 11.9. The van der Waals surface area contributed by atoms with Gasteiger partial charge in [-0.15, -0.1) is 0 Å². The molecule has 0 atom stereocenters. The zero-order valence-electron chi connectivity index (χ0n) is 18.5. The molecule has 28 heavy (non-hydrogen) atoms. The Kier molecular flexibility index (Phi) is 11.7. The molecule has 0 saturated carbocycles. The van der Waals surface area contributed by atoms with E-state index in [4.69, 9.17) is 4.98 Å². The quantitative estimate of drug-likeness (QED) is 0.274. The summed E-state index contributed by atoms with van der Waals surface area (Å²) in [7, 11) is 0. The van der Waals surface area contributed by atoms with Gasteiger partial charge in [0.05, 0.1) is 5.69 Å². The molecule has 0 fully saturated rings. The van der Waals surface area contributed by atoms with E-state index in [0.717, 1.165) is 25.8 Å². The van der Waals surface area contributed by atoms with Crippen LogP contribution in [0.1, 0.15) is 102 Å². The van der Waals surface area contributed by atoms with Gasteiger partial charge in [-0.2, -0.15) is 0 Å². The Labute approximate surface area is 173 Å². The van der Waals surface area contributed by atoms with Crippen molar-refractivity contribution in [3.05, 3.63) is 53.6 Å². The number of unbranched alkanes of at least 4 members (excludes halogenated alkanes) is 8. The van der Waals surface area contributed by atoms with E-state index in [9.17, 15) is 0 Å². The lowest BCUT2D eigenvalue weighted by Crippen LogP contribution is -2.03. The van der Waals surface area contributed by atoms with Crippen LogP contribution >= 0.6 is 0 Å². The van der Waals surface area contributed by atoms with E-state index in [1.807, 2.05) is 0 Å². The van der Waals surface area contributed by atoms with Crippen LogP contribution in [0.15, 0.2) is 36.5 Å². The molecule has 0 spiro atoms. The highest BCUT2D eigenvalue weighted by Crippen LogP contribution is 2.14. The Morgan fingerprint density at radius 2 is 1.36 bits per heavy atom. The average molecular weight is 383 g/mol. The molecule has 2 aromatic rings. The number of hydrogen-bond donors (Lipinski definition) is 0. The van der Waals surface area contributed by atoms with Crippen molar-refractivity contribution < 1.29 is 0 Å². The van der Waals surface area contributed by atoms with Crippen molar-refractivity contribution >= 4 is 0 Å². The third-order valence-corrected chi connectivity index (χ3v) is 5.66. The molecule has 0 aliphatic carbocycles. The minimum atomic E-state index is 1.10. The molecule has 2 rings (SSSR count). The Morgan fingerprint density at radius 3 is 2.11 bits per heavy atom. The third kappa shape index (κ3) is 9.08. The number of rotatable bonds is 16. The Balaban J connectivity index is 1.79. The summed E-state index contributed by atoms with van der Waals surface area (Å²) in [6.07, 6.45) is 20.4. The summed E-state index contributed by atoms with van der Waals surface area (Å²) in [5, 5.41) is 0. The minimum absolute atomic E-state index is 1.10. The highest BCUT2D eigenvalue weighted by Gasteiger charge is 2.08. The molecule has 1 aromatic heterocycles. The van der Waals surface area contributed by atoms with Crippen LogP contribution < -0.4 is 0 Å². The summed E-state index contributed by atoms with van der Waals surface area (Å²) in [6, 6.07) is 10.8. The van der Waals surface area contributed by atoms with Gasteiger partial charge in [0.1, 0.15) is 5.82 Å². The van der Waals surface area contributed by atoms with E-state index in [1.54, 1.807) is 0 Å². The van der Waals surface area contributed by atoms with Gasteiger partial charge in [0.15, 0.2) is 0 Å². The van der Waals surface area contributed by atoms with Crippen molar-refractivity contribution in [3.63, 3.8) is 0 Å². The SMILES string of the molecule is CCCCCCCCCn1cc(CCCc2ccccc2)nc1CCCCC. The molecule has 2 heteroatoms. The summed E-state index contributed by atoms with van der Waals surface area (Å²) >= 11 is 0. The van der Waals surface area contributed by atoms with Crippen molar-refractivity contribution in [1.29, 1.82) is 0 Å². The van der Waals surface area contributed by atoms with E-state index in [0.29, 0.717) is 0 Å². The highest BCUT2D eigenvalue weighted by molar-refractivity contribution is 5.15. The molecular weight excluding hydrogens is 340 g/mol. The van der Waals surface area contributed by atoms with Gasteiger partial charge in [-0.1, -0.05) is 95.5 Å². The second-order valence-corrected chi connectivity index (χ2v) is 8.26. The lowest BCUT2D eigenvalue weighted by molar-refractivity contribution is 0.535. The molecule has 0 N–H and O–H groups in total. The van der Waals surface area contributed by atoms with Crippen LogP contribution in [0.25, 0.3) is 0 Å². The van der Waals surface area contributed by atoms with Crippen LogP contribution in [0.4, 0.5) is 0 Å². The predicted octanol–water partition coefficient (Wildman–Crippen LogP) is 7.54. The summed E-state index contributed by atoms with van der Waals surface area (Å²) in [4.78, 5) is 5.02. The summed E-state index contributed by atoms with van der Waals surface area (Å²) in [5.41, 5.74) is 2.73. The van der Waals surface area contributed by atoms with Crippen LogP contribution in [0.3, 0.4) is 0 Å². The lowest BCUT2D eigenvalue weighted by Gasteiger charge is -2.07. The maximum atomic E-state index is 5.02. The molecule has 2 nitrogen and oxygen atoms in total. The van der Waals surface area contributed by atoms with Crippen molar-refractivity contribution in [2.45, 2.75) is 110 Å². The summed E-state index contributed by atoms with van der Waals surface area (Å²) in [6.45, 7) is 5.72. The van der Waals surface area contributed by atoms with Crippen LogP contribution in [-0.4, -0.2) is 9.55 Å². The second kappa shape index (κ2) is 14.4. The first-order chi connectivity index (χ1) is 13.8. The molecule has 0 unspecified atom stereocenters. The third-order valence-electron chi connectivity index (χ3n) is 5.66. The monoisotopic (exact) mass is 382 g/mol. The molecule has 0 aliphatic rings. The van der Waals surface area contributed by atoms with Crippen LogP contribution in [-0.2, 0) is 25.8 Å². The molecule has 0 aliphatic heterocycles. The topological polar surface area (TPSA) is 17.8 Å². The fourth-order valence-electron chi connectivity index (χ4n) is 3.92. The maximum absolute atomic E-state index is 5.02. The Morgan fingerprint density at radius 1 is 0.679 bits per heavy atom. The fraction of sp³-hybridized carbons (Fsp3) is 0.654. The van der Waals surface area contributed by atoms with Crippen LogP contribution in [0, 0.1) is 0 Å². The van der Waals surface area contributed by atoms with E-state index in [-0.39, 0.29) is 0 Å². The summed E-state index contributed by atoms with van der Waals surface area (Å²) < 4.78 is 2.47. The number of imidazole rings is 1. The Hall–Kier alpha value is -1.57. The number of aryl methyl sites for hydroxylation is 4. The largest absolute Gasteiger partial charge is 0.335 e. The zero-order valence-corrected chi connectivity index (χ0v) is 18.5. The van der Waals surface area contributed by atoms with Crippen molar-refractivity contribution in [3.8, 4) is 0 Å². The van der Waals surface area contributed by atoms with Gasteiger partial charge in [-0.05, 0) is 37.7 Å². The van der Waals surface area contributed by atoms with Crippen LogP contribution in [0.2, 0.25) is 0 Å². The van der Waals surface area contributed by atoms with Crippen molar-refractivity contribution in [1.82, 2.24) is 9.55 Å². The number of nitrogens with zero attached hydrogens (tertiary/aromatic N) is 2. The maximum Gasteiger partial charge on any atom is 0.108 e. The average Bonchev–Trinajstić information content (AvgIpc) is 3.10. The van der Waals surface area contributed by atoms with Gasteiger partial charge in [-0.3, -0.25) is 0 Å². The molecule has 0 amide bonds. The second-order valence-electron chi connectivity index (χ2n) is 8.26. The molecular formula is C26H42N2. The highest BCUT2D eigenvalue weighted by atomic mass is 15.1. The lowest BCUT2D eigenvalue weighted by atomic mass is 10.1. The molecule has 1 heterocycles. The van der Waals surface area contributed by atoms with Crippen LogP contribution in [0.5, 0.6) is 0 Å². The van der Waals surface area contributed by atoms with Crippen molar-refractivity contribution in [2.75, 3.05) is 0 Å². The van der Waals surface area contributed by atoms with Gasteiger partial charge >= 0.3 is 0 Å². The van der Waals surface area contributed by atoms with Gasteiger partial charge < -0.3 is 4.57 Å². The van der Waals surface area contributed by atoms with Gasteiger partial charge in [-0.25, -0.2) is 4.98 Å². The van der Waals surface area contributed by atoms with Gasteiger partial charge in [0, 0.05) is 19.2 Å². The van der Waals surface area contributed by atoms with E-state index in [1.165, 1.54) is 87.7 Å². The minimum Gasteiger partial charge on any atom is -0.335 e. The number of aromatic nitrogens is 2. The number of hydrogen-bond acceptors (Lipinski definition) is 1. The van der Waals surface area contributed by atoms with Crippen molar-refractivity contribution in [2.24, 2.45) is 0 Å². The first kappa shape index (κ1) is 22.7. The molecule has 0 radical (unpaired) electrons. The fourth-order valence-corrected chi connectivity index (χ4v) is 3.92. The van der Waals surface area contributed by atoms with E-state index < -0.39 is 0 Å². The molecule has 1 aromatic carbocycles. The standard InChI is InChI=1S/C26H42N2/c1-3-5-7-8-9-10-15-22-28-23-25(27-26(28)21-12-6-4-2)20-16-19-24-17-13-11-14-18-24/h11,13-14,17-18,23H,3-10,12,15-16,19-22H2,1-2H3. The van der Waals surface area contributed by atoms with E-state index >= 15 is 0 Å². The normalized spacial score (nSPS) is 11.2. The first-order valence-corrected chi connectivity index (χ1v) is 11.9. The summed E-state index contributed by atoms with van der Waals surface area (Å²) in [5.74, 6) is 1.33. The molecule has 0 saturated heterocycles. The van der Waals surface area contributed by atoms with E-state index in [2.05, 4.69) is 54.9 Å². The molecule has 0 bridgehead atoms. The van der Waals surface area contributed by atoms with Gasteiger partial charge in [0.2, 0.25) is 0 Å². The smallest absolute Gasteiger partial charge is 0.108 e. The van der Waals surface area contributed by atoms with Gasteiger partial charge in [0.25, 0.3) is 0 Å². The number of benzene rings is 1.